The van der Waals surface area contributed by atoms with Gasteiger partial charge in [-0.25, -0.2) is 8.78 Å². The predicted molar refractivity (Wildman–Crippen MR) is 91.4 cm³/mol. The van der Waals surface area contributed by atoms with Gasteiger partial charge >= 0.3 is 72.6 Å². The summed E-state index contributed by atoms with van der Waals surface area (Å²) in [7, 11) is 0. The Hall–Kier alpha value is -2.62. The van der Waals surface area contributed by atoms with E-state index in [9.17, 15) is 132 Å². The number of hydrogen-bond acceptors (Lipinski definition) is 0. The van der Waals surface area contributed by atoms with E-state index in [1.807, 2.05) is 0 Å². The number of halogens is 30. The lowest BCUT2D eigenvalue weighted by atomic mass is 9.76. The zero-order chi connectivity index (χ0) is 40.3. The Balaban J connectivity index is 0. The van der Waals surface area contributed by atoms with Gasteiger partial charge in [-0.1, -0.05) is 0 Å². The highest BCUT2D eigenvalue weighted by molar-refractivity contribution is 5.43. The Labute approximate surface area is 242 Å². The molecule has 0 aromatic heterocycles. The minimum atomic E-state index is -8.28. The van der Waals surface area contributed by atoms with Crippen molar-refractivity contribution in [2.45, 2.75) is 86.4 Å². The van der Waals surface area contributed by atoms with Crippen LogP contribution < -0.4 is 0 Å². The average molecular weight is 792 g/mol. The maximum atomic E-state index is 13.9. The highest BCUT2D eigenvalue weighted by Crippen LogP contribution is 2.63. The molecule has 0 saturated heterocycles. The fourth-order valence-electron chi connectivity index (χ4n) is 2.97. The second-order valence-corrected chi connectivity index (χ2v) is 8.45. The lowest BCUT2D eigenvalue weighted by Gasteiger charge is -2.42. The molecule has 0 N–H and O–H groups in total. The van der Waals surface area contributed by atoms with Crippen LogP contribution in [0.25, 0.3) is 0 Å². The van der Waals surface area contributed by atoms with E-state index in [-0.39, 0.29) is 0 Å². The van der Waals surface area contributed by atoms with Gasteiger partial charge in [0.05, 0.1) is 0 Å². The van der Waals surface area contributed by atoms with Crippen LogP contribution in [0.4, 0.5) is 132 Å². The van der Waals surface area contributed by atoms with E-state index in [4.69, 9.17) is 0 Å². The van der Waals surface area contributed by atoms with Gasteiger partial charge in [-0.05, 0) is 13.8 Å². The van der Waals surface area contributed by atoms with Gasteiger partial charge < -0.3 is 0 Å². The summed E-state index contributed by atoms with van der Waals surface area (Å²) in [5.41, 5.74) is -33.7. The molecule has 0 heterocycles. The molecule has 30 heteroatoms. The van der Waals surface area contributed by atoms with Crippen molar-refractivity contribution in [3.63, 3.8) is 0 Å². The van der Waals surface area contributed by atoms with Crippen molar-refractivity contribution in [2.75, 3.05) is 0 Å². The van der Waals surface area contributed by atoms with Crippen LogP contribution >= 0.6 is 0 Å². The van der Waals surface area contributed by atoms with Crippen LogP contribution in [0.2, 0.25) is 0 Å². The van der Waals surface area contributed by atoms with Gasteiger partial charge in [0.1, 0.15) is 5.57 Å². The maximum absolute atomic E-state index is 13.9. The summed E-state index contributed by atoms with van der Waals surface area (Å²) in [6, 6.07) is 0. The van der Waals surface area contributed by atoms with Gasteiger partial charge in [0.25, 0.3) is 0 Å². The van der Waals surface area contributed by atoms with Gasteiger partial charge in [-0.3, -0.25) is 0 Å². The second-order valence-electron chi connectivity index (χ2n) is 8.45. The zero-order valence-corrected chi connectivity index (χ0v) is 21.3. The largest absolute Gasteiger partial charge is 0.457 e. The molecule has 0 rings (SSSR count). The first-order valence-corrected chi connectivity index (χ1v) is 10.2. The van der Waals surface area contributed by atoms with E-state index in [1.165, 1.54) is 0 Å². The fourth-order valence-corrected chi connectivity index (χ4v) is 2.97. The van der Waals surface area contributed by atoms with Crippen molar-refractivity contribution in [3.05, 3.63) is 22.3 Å². The molecule has 0 radical (unpaired) electrons. The summed E-state index contributed by atoms with van der Waals surface area (Å²) in [6.07, 6.45) is -59.2. The molecule has 48 heavy (non-hydrogen) atoms. The van der Waals surface area contributed by atoms with Crippen molar-refractivity contribution in [1.29, 1.82) is 0 Å². The van der Waals surface area contributed by atoms with Crippen molar-refractivity contribution >= 4 is 0 Å². The minimum absolute atomic E-state index is 0.566. The first kappa shape index (κ1) is 47.5. The molecule has 0 bridgehead atoms. The lowest BCUT2D eigenvalue weighted by molar-refractivity contribution is -0.365. The standard InChI is InChI=1S/C11H3F19.C7H3F11/c1-2(6(14,15)11(28,29)30)3(4(12,7(16,17)18)8(19,20)21)5(13,9(22,23)24)10(25,26)27;1-2(4(8,9)7(16,17)18)3(5(10,11)12)6(13,14)15/h1H3;1H3. The van der Waals surface area contributed by atoms with Crippen LogP contribution in [0, 0.1) is 0 Å². The Morgan fingerprint density at radius 1 is 0.250 bits per heavy atom. The Morgan fingerprint density at radius 2 is 0.417 bits per heavy atom. The normalized spacial score (nSPS) is 15.5. The summed E-state index contributed by atoms with van der Waals surface area (Å²) < 4.78 is 374. The third-order valence-electron chi connectivity index (χ3n) is 5.22. The summed E-state index contributed by atoms with van der Waals surface area (Å²) >= 11 is 0. The smallest absolute Gasteiger partial charge is 0.218 e. The van der Waals surface area contributed by atoms with Crippen molar-refractivity contribution in [1.82, 2.24) is 0 Å². The number of rotatable bonds is 4. The number of allylic oxidation sites excluding steroid dienone is 4. The Kier molecular flexibility index (Phi) is 12.5. The lowest BCUT2D eigenvalue weighted by Crippen LogP contribution is -2.67. The van der Waals surface area contributed by atoms with E-state index in [0.717, 1.165) is 0 Å². The molecular weight excluding hydrogens is 786 g/mol. The number of hydrogen-bond donors (Lipinski definition) is 0. The fraction of sp³-hybridized carbons (Fsp3) is 0.778. The van der Waals surface area contributed by atoms with Crippen LogP contribution in [0.3, 0.4) is 0 Å². The van der Waals surface area contributed by atoms with Gasteiger partial charge in [0.2, 0.25) is 0 Å². The SMILES string of the molecule is CC(=C(C(F)(C(F)(F)F)C(F)(F)F)C(F)(C(F)(F)F)C(F)(F)F)C(F)(F)C(F)(F)F.CC(=C(C(F)(F)F)C(F)(F)F)C(F)(F)C(F)(F)F. The van der Waals surface area contributed by atoms with E-state index >= 15 is 0 Å². The van der Waals surface area contributed by atoms with E-state index in [1.54, 1.807) is 0 Å². The minimum Gasteiger partial charge on any atom is -0.218 e. The third kappa shape index (κ3) is 8.56. The average Bonchev–Trinajstić information content (AvgIpc) is 2.72. The molecule has 0 fully saturated rings. The maximum Gasteiger partial charge on any atom is 0.457 e. The van der Waals surface area contributed by atoms with Gasteiger partial charge in [-0.2, -0.15) is 123 Å². The molecule has 0 aromatic rings. The van der Waals surface area contributed by atoms with Gasteiger partial charge in [0.15, 0.2) is 0 Å². The summed E-state index contributed by atoms with van der Waals surface area (Å²) in [5, 5.41) is 0. The molecule has 0 aliphatic heterocycles. The van der Waals surface area contributed by atoms with Crippen LogP contribution in [0.5, 0.6) is 0 Å². The van der Waals surface area contributed by atoms with Gasteiger partial charge in [0, 0.05) is 16.7 Å². The summed E-state index contributed by atoms with van der Waals surface area (Å²) in [4.78, 5) is 0. The van der Waals surface area contributed by atoms with Crippen molar-refractivity contribution in [2.24, 2.45) is 0 Å². The molecule has 0 atom stereocenters. The molecule has 0 spiro atoms. The first-order valence-electron chi connectivity index (χ1n) is 10.2. The summed E-state index contributed by atoms with van der Waals surface area (Å²) in [6.45, 7) is -2.05. The van der Waals surface area contributed by atoms with Crippen LogP contribution in [-0.2, 0) is 0 Å². The quantitative estimate of drug-likeness (QED) is 0.197. The van der Waals surface area contributed by atoms with Crippen LogP contribution in [0.15, 0.2) is 22.3 Å². The highest BCUT2D eigenvalue weighted by atomic mass is 19.5. The van der Waals surface area contributed by atoms with Crippen molar-refractivity contribution in [3.8, 4) is 0 Å². The molecule has 0 amide bonds. The highest BCUT2D eigenvalue weighted by Gasteiger charge is 2.87. The van der Waals surface area contributed by atoms with E-state index < -0.39 is 109 Å². The molecule has 0 unspecified atom stereocenters. The molecular formula is C18H6F30. The molecule has 0 aliphatic rings. The Bertz CT molecular complexity index is 1090. The summed E-state index contributed by atoms with van der Waals surface area (Å²) in [5.74, 6) is -13.6. The van der Waals surface area contributed by atoms with Crippen molar-refractivity contribution < 1.29 is 132 Å². The molecule has 0 saturated carbocycles. The number of alkyl halides is 30. The second kappa shape index (κ2) is 12.6. The predicted octanol–water partition coefficient (Wildman–Crippen LogP) is 11.8. The molecule has 0 nitrogen and oxygen atoms in total. The van der Waals surface area contributed by atoms with Crippen LogP contribution in [0.1, 0.15) is 13.8 Å². The monoisotopic (exact) mass is 792 g/mol. The first-order chi connectivity index (χ1) is 20.1. The van der Waals surface area contributed by atoms with Crippen LogP contribution in [-0.4, -0.2) is 72.6 Å². The molecule has 0 aromatic carbocycles. The third-order valence-corrected chi connectivity index (χ3v) is 5.22. The zero-order valence-electron chi connectivity index (χ0n) is 21.3. The van der Waals surface area contributed by atoms with E-state index in [0.29, 0.717) is 0 Å². The van der Waals surface area contributed by atoms with E-state index in [2.05, 4.69) is 0 Å². The molecule has 288 valence electrons. The Morgan fingerprint density at radius 3 is 0.542 bits per heavy atom. The topological polar surface area (TPSA) is 0 Å². The molecule has 0 aliphatic carbocycles. The van der Waals surface area contributed by atoms with Gasteiger partial charge in [-0.15, -0.1) is 0 Å².